The molecule has 1 aromatic heterocycles. The number of nitrogens with zero attached hydrogens (tertiary/aromatic N) is 2. The van der Waals surface area contributed by atoms with Gasteiger partial charge >= 0.3 is 0 Å². The largest absolute Gasteiger partial charge is 0.457 e. The number of anilines is 1. The number of rotatable bonds is 6. The number of amides is 1. The van der Waals surface area contributed by atoms with Crippen molar-refractivity contribution >= 4 is 34.5 Å². The van der Waals surface area contributed by atoms with Crippen molar-refractivity contribution in [2.24, 2.45) is 0 Å². The lowest BCUT2D eigenvalue weighted by Gasteiger charge is -2.11. The third kappa shape index (κ3) is 5.14. The van der Waals surface area contributed by atoms with Crippen LogP contribution in [0.5, 0.6) is 11.5 Å². The fraction of sp³-hybridized carbons (Fsp3) is 0.0800. The first kappa shape index (κ1) is 21.6. The molecule has 0 atom stereocenters. The van der Waals surface area contributed by atoms with Crippen molar-refractivity contribution in [3.05, 3.63) is 94.0 Å². The molecule has 0 saturated heterocycles. The fourth-order valence-corrected chi connectivity index (χ4v) is 4.22. The summed E-state index contributed by atoms with van der Waals surface area (Å²) in [6, 6.07) is 21.9. The van der Waals surface area contributed by atoms with E-state index in [-0.39, 0.29) is 12.3 Å². The molecule has 1 heterocycles. The molecule has 0 bridgehead atoms. The van der Waals surface area contributed by atoms with E-state index in [1.165, 1.54) is 11.3 Å². The maximum Gasteiger partial charge on any atom is 0.230 e. The van der Waals surface area contributed by atoms with Crippen LogP contribution in [0.1, 0.15) is 16.8 Å². The standard InChI is InChI=1S/C25H18ClN3O2S/c1-16-12-20(31-19-8-6-17(14-27)7-9-19)10-11-23(16)29-24(30)13-18-15-32-25(28-18)21-4-2-3-5-22(21)26/h2-12,15H,13H2,1H3,(H,29,30). The molecule has 0 aliphatic heterocycles. The molecule has 4 rings (SSSR count). The number of carbonyl (C=O) groups excluding carboxylic acids is 1. The Balaban J connectivity index is 1.39. The second-order valence-corrected chi connectivity index (χ2v) is 8.33. The predicted molar refractivity (Wildman–Crippen MR) is 127 cm³/mol. The Morgan fingerprint density at radius 2 is 1.88 bits per heavy atom. The van der Waals surface area contributed by atoms with Gasteiger partial charge in [0.05, 0.1) is 28.8 Å². The first-order chi connectivity index (χ1) is 15.5. The molecule has 0 aliphatic carbocycles. The fourth-order valence-electron chi connectivity index (χ4n) is 3.08. The third-order valence-electron chi connectivity index (χ3n) is 4.69. The lowest BCUT2D eigenvalue weighted by atomic mass is 10.1. The van der Waals surface area contributed by atoms with Crippen LogP contribution in [0.25, 0.3) is 10.6 Å². The number of nitrogens with one attached hydrogen (secondary N) is 1. The summed E-state index contributed by atoms with van der Waals surface area (Å²) in [6.07, 6.45) is 0.171. The molecule has 1 amide bonds. The van der Waals surface area contributed by atoms with E-state index < -0.39 is 0 Å². The third-order valence-corrected chi connectivity index (χ3v) is 5.94. The van der Waals surface area contributed by atoms with Crippen LogP contribution in [0.15, 0.2) is 72.1 Å². The van der Waals surface area contributed by atoms with E-state index in [1.54, 1.807) is 30.3 Å². The van der Waals surface area contributed by atoms with Gasteiger partial charge in [-0.15, -0.1) is 11.3 Å². The molecule has 0 fully saturated rings. The van der Waals surface area contributed by atoms with Gasteiger partial charge in [-0.1, -0.05) is 29.8 Å². The van der Waals surface area contributed by atoms with E-state index >= 15 is 0 Å². The monoisotopic (exact) mass is 459 g/mol. The van der Waals surface area contributed by atoms with E-state index in [0.717, 1.165) is 16.1 Å². The number of aromatic nitrogens is 1. The average Bonchev–Trinajstić information content (AvgIpc) is 3.24. The Bertz CT molecular complexity index is 1310. The molecule has 0 unspecified atom stereocenters. The van der Waals surface area contributed by atoms with Gasteiger partial charge < -0.3 is 10.1 Å². The molecule has 0 radical (unpaired) electrons. The number of thiazole rings is 1. The van der Waals surface area contributed by atoms with Crippen LogP contribution in [-0.2, 0) is 11.2 Å². The first-order valence-electron chi connectivity index (χ1n) is 9.79. The molecule has 158 valence electrons. The van der Waals surface area contributed by atoms with Gasteiger partial charge in [0.25, 0.3) is 0 Å². The van der Waals surface area contributed by atoms with Gasteiger partial charge in [-0.05, 0) is 61.0 Å². The molecule has 5 nitrogen and oxygen atoms in total. The number of nitriles is 1. The van der Waals surface area contributed by atoms with Crippen molar-refractivity contribution in [3.8, 4) is 28.1 Å². The van der Waals surface area contributed by atoms with Crippen molar-refractivity contribution in [1.29, 1.82) is 5.26 Å². The highest BCUT2D eigenvalue weighted by Gasteiger charge is 2.12. The summed E-state index contributed by atoms with van der Waals surface area (Å²) in [5.41, 5.74) is 3.72. The van der Waals surface area contributed by atoms with E-state index in [2.05, 4.69) is 16.4 Å². The van der Waals surface area contributed by atoms with E-state index in [4.69, 9.17) is 21.6 Å². The molecule has 0 spiro atoms. The number of benzene rings is 3. The first-order valence-corrected chi connectivity index (χ1v) is 11.1. The van der Waals surface area contributed by atoms with Crippen LogP contribution in [0.2, 0.25) is 5.02 Å². The molecular formula is C25H18ClN3O2S. The van der Waals surface area contributed by atoms with Crippen molar-refractivity contribution in [2.75, 3.05) is 5.32 Å². The smallest absolute Gasteiger partial charge is 0.230 e. The molecule has 0 saturated carbocycles. The Kier molecular flexibility index (Phi) is 6.50. The minimum absolute atomic E-state index is 0.148. The number of carbonyl (C=O) groups is 1. The van der Waals surface area contributed by atoms with E-state index in [9.17, 15) is 4.79 Å². The maximum atomic E-state index is 12.6. The van der Waals surface area contributed by atoms with Crippen LogP contribution in [0, 0.1) is 18.3 Å². The number of hydrogen-bond donors (Lipinski definition) is 1. The van der Waals surface area contributed by atoms with Crippen LogP contribution in [0.3, 0.4) is 0 Å². The lowest BCUT2D eigenvalue weighted by molar-refractivity contribution is -0.115. The van der Waals surface area contributed by atoms with Crippen LogP contribution >= 0.6 is 22.9 Å². The second kappa shape index (κ2) is 9.65. The quantitative estimate of drug-likeness (QED) is 0.351. The molecule has 7 heteroatoms. The zero-order valence-corrected chi connectivity index (χ0v) is 18.7. The van der Waals surface area contributed by atoms with Crippen LogP contribution < -0.4 is 10.1 Å². The number of halogens is 1. The normalized spacial score (nSPS) is 10.4. The molecular weight excluding hydrogens is 442 g/mol. The van der Waals surface area contributed by atoms with Gasteiger partial charge in [0.15, 0.2) is 0 Å². The average molecular weight is 460 g/mol. The van der Waals surface area contributed by atoms with Gasteiger partial charge in [-0.2, -0.15) is 5.26 Å². The number of hydrogen-bond acceptors (Lipinski definition) is 5. The SMILES string of the molecule is Cc1cc(Oc2ccc(C#N)cc2)ccc1NC(=O)Cc1csc(-c2ccccc2Cl)n1. The minimum atomic E-state index is -0.148. The lowest BCUT2D eigenvalue weighted by Crippen LogP contribution is -2.15. The molecule has 1 N–H and O–H groups in total. The van der Waals surface area contributed by atoms with Gasteiger partial charge in [0.2, 0.25) is 5.91 Å². The zero-order valence-electron chi connectivity index (χ0n) is 17.1. The second-order valence-electron chi connectivity index (χ2n) is 7.06. The zero-order chi connectivity index (χ0) is 22.5. The minimum Gasteiger partial charge on any atom is -0.457 e. The predicted octanol–water partition coefficient (Wildman–Crippen LogP) is 6.62. The Hall–Kier alpha value is -3.66. The Morgan fingerprint density at radius 1 is 1.12 bits per heavy atom. The Labute approximate surface area is 194 Å². The molecule has 32 heavy (non-hydrogen) atoms. The summed E-state index contributed by atoms with van der Waals surface area (Å²) in [5, 5.41) is 15.1. The van der Waals surface area contributed by atoms with Crippen molar-refractivity contribution in [3.63, 3.8) is 0 Å². The van der Waals surface area contributed by atoms with Crippen LogP contribution in [-0.4, -0.2) is 10.9 Å². The van der Waals surface area contributed by atoms with E-state index in [1.807, 2.05) is 48.7 Å². The van der Waals surface area contributed by atoms with Crippen LogP contribution in [0.4, 0.5) is 5.69 Å². The van der Waals surface area contributed by atoms with Crippen molar-refractivity contribution in [2.45, 2.75) is 13.3 Å². The van der Waals surface area contributed by atoms with Gasteiger partial charge in [-0.25, -0.2) is 4.98 Å². The summed E-state index contributed by atoms with van der Waals surface area (Å²) in [7, 11) is 0. The molecule has 3 aromatic carbocycles. The van der Waals surface area contributed by atoms with Gasteiger partial charge in [0.1, 0.15) is 16.5 Å². The van der Waals surface area contributed by atoms with Gasteiger partial charge in [0, 0.05) is 16.6 Å². The van der Waals surface area contributed by atoms with Gasteiger partial charge in [-0.3, -0.25) is 4.79 Å². The topological polar surface area (TPSA) is 75.0 Å². The highest BCUT2D eigenvalue weighted by molar-refractivity contribution is 7.13. The van der Waals surface area contributed by atoms with Crippen molar-refractivity contribution in [1.82, 2.24) is 4.98 Å². The number of ether oxygens (including phenoxy) is 1. The Morgan fingerprint density at radius 3 is 2.59 bits per heavy atom. The molecule has 4 aromatic rings. The summed E-state index contributed by atoms with van der Waals surface area (Å²) >= 11 is 7.70. The van der Waals surface area contributed by atoms with Crippen molar-refractivity contribution < 1.29 is 9.53 Å². The number of aryl methyl sites for hydroxylation is 1. The highest BCUT2D eigenvalue weighted by Crippen LogP contribution is 2.30. The molecule has 0 aliphatic rings. The highest BCUT2D eigenvalue weighted by atomic mass is 35.5. The summed E-state index contributed by atoms with van der Waals surface area (Å²) < 4.78 is 5.83. The summed E-state index contributed by atoms with van der Waals surface area (Å²) in [6.45, 7) is 1.90. The summed E-state index contributed by atoms with van der Waals surface area (Å²) in [4.78, 5) is 17.1. The van der Waals surface area contributed by atoms with E-state index in [0.29, 0.717) is 33.5 Å². The summed E-state index contributed by atoms with van der Waals surface area (Å²) in [5.74, 6) is 1.14. The maximum absolute atomic E-state index is 12.6.